The largest absolute Gasteiger partial charge is 0.495 e. The number of ether oxygens (including phenoxy) is 1. The molecule has 0 saturated heterocycles. The molecule has 1 heterocycles. The number of methoxy groups -OCH3 is 1. The first kappa shape index (κ1) is 21.1. The Balaban J connectivity index is 1.84. The summed E-state index contributed by atoms with van der Waals surface area (Å²) in [7, 11) is 1.57. The maximum atomic E-state index is 12.5. The fourth-order valence-electron chi connectivity index (χ4n) is 3.33. The van der Waals surface area contributed by atoms with Gasteiger partial charge in [-0.25, -0.2) is 0 Å². The minimum atomic E-state index is -0.490. The van der Waals surface area contributed by atoms with Crippen LogP contribution in [0.2, 0.25) is 0 Å². The summed E-state index contributed by atoms with van der Waals surface area (Å²) >= 11 is 8.34. The Bertz CT molecular complexity index is 953. The molecule has 0 bridgehead atoms. The van der Waals surface area contributed by atoms with Crippen LogP contribution in [-0.4, -0.2) is 18.9 Å². The van der Waals surface area contributed by atoms with E-state index in [1.54, 1.807) is 13.2 Å². The molecule has 3 rings (SSSR count). The lowest BCUT2D eigenvalue weighted by Gasteiger charge is -2.08. The van der Waals surface area contributed by atoms with Gasteiger partial charge < -0.3 is 15.8 Å². The normalized spacial score (nSPS) is 13.8. The van der Waals surface area contributed by atoms with Crippen LogP contribution in [0.1, 0.15) is 45.6 Å². The number of nitrogens with one attached hydrogen (secondary N) is 1. The highest BCUT2D eigenvalue weighted by Crippen LogP contribution is 2.37. The van der Waals surface area contributed by atoms with Crippen LogP contribution in [0.5, 0.6) is 5.75 Å². The Kier molecular flexibility index (Phi) is 6.95. The van der Waals surface area contributed by atoms with Gasteiger partial charge in [0.25, 0.3) is 5.91 Å². The van der Waals surface area contributed by atoms with Gasteiger partial charge in [-0.15, -0.1) is 11.3 Å². The van der Waals surface area contributed by atoms with E-state index in [1.807, 2.05) is 12.1 Å². The van der Waals surface area contributed by atoms with E-state index in [0.717, 1.165) is 57.1 Å². The summed E-state index contributed by atoms with van der Waals surface area (Å²) in [4.78, 5) is 25.7. The molecular weight excluding hydrogens is 508 g/mol. The van der Waals surface area contributed by atoms with Gasteiger partial charge >= 0.3 is 0 Å². The van der Waals surface area contributed by atoms with E-state index in [-0.39, 0.29) is 5.91 Å². The number of halogens is 2. The van der Waals surface area contributed by atoms with Gasteiger partial charge in [0.1, 0.15) is 10.8 Å². The van der Waals surface area contributed by atoms with Gasteiger partial charge in [-0.1, -0.05) is 22.4 Å². The first-order valence-corrected chi connectivity index (χ1v) is 11.3. The number of aryl methyl sites for hydroxylation is 1. The monoisotopic (exact) mass is 526 g/mol. The summed E-state index contributed by atoms with van der Waals surface area (Å²) in [5.74, 6) is -0.179. The Hall–Kier alpha value is -1.64. The van der Waals surface area contributed by atoms with Crippen molar-refractivity contribution in [3.8, 4) is 5.75 Å². The van der Waals surface area contributed by atoms with Crippen LogP contribution >= 0.6 is 43.2 Å². The highest BCUT2D eigenvalue weighted by atomic mass is 79.9. The molecule has 0 radical (unpaired) electrons. The molecule has 0 atom stereocenters. The van der Waals surface area contributed by atoms with Crippen LogP contribution in [-0.2, 0) is 17.6 Å². The highest BCUT2D eigenvalue weighted by Gasteiger charge is 2.23. The van der Waals surface area contributed by atoms with Crippen LogP contribution in [0.3, 0.4) is 0 Å². The van der Waals surface area contributed by atoms with Crippen LogP contribution in [0.15, 0.2) is 27.2 Å². The van der Waals surface area contributed by atoms with Gasteiger partial charge in [0.15, 0.2) is 0 Å². The first-order valence-electron chi connectivity index (χ1n) is 8.87. The van der Waals surface area contributed by atoms with Gasteiger partial charge in [0.2, 0.25) is 5.91 Å². The second-order valence-electron chi connectivity index (χ2n) is 6.47. The quantitative estimate of drug-likeness (QED) is 0.409. The molecule has 1 aliphatic carbocycles. The highest BCUT2D eigenvalue weighted by molar-refractivity contribution is 9.11. The number of carbonyl (C=O) groups excluding carboxylic acids is 2. The second-order valence-corrected chi connectivity index (χ2v) is 9.34. The zero-order valence-electron chi connectivity index (χ0n) is 15.3. The molecule has 0 spiro atoms. The summed E-state index contributed by atoms with van der Waals surface area (Å²) in [5, 5.41) is 3.37. The first-order chi connectivity index (χ1) is 13.4. The Morgan fingerprint density at radius 2 is 1.96 bits per heavy atom. The zero-order chi connectivity index (χ0) is 20.3. The third-order valence-corrected chi connectivity index (χ3v) is 6.81. The lowest BCUT2D eigenvalue weighted by Crippen LogP contribution is -2.17. The van der Waals surface area contributed by atoms with Crippen molar-refractivity contribution in [3.63, 3.8) is 0 Å². The van der Waals surface area contributed by atoms with Crippen LogP contribution < -0.4 is 15.8 Å². The number of fused-ring (bicyclic) bond motifs is 1. The summed E-state index contributed by atoms with van der Waals surface area (Å²) < 4.78 is 7.03. The maximum Gasteiger partial charge on any atom is 0.251 e. The Morgan fingerprint density at radius 3 is 2.68 bits per heavy atom. The molecule has 8 heteroatoms. The lowest BCUT2D eigenvalue weighted by atomic mass is 10.1. The average molecular weight is 528 g/mol. The third-order valence-electron chi connectivity index (χ3n) is 4.56. The van der Waals surface area contributed by atoms with E-state index in [1.165, 1.54) is 17.4 Å². The summed E-state index contributed by atoms with van der Waals surface area (Å²) in [6.07, 6.45) is 8.13. The van der Waals surface area contributed by atoms with Crippen molar-refractivity contribution in [3.05, 3.63) is 48.7 Å². The molecule has 5 nitrogen and oxygen atoms in total. The number of carbonyl (C=O) groups is 2. The number of benzene rings is 1. The number of primary amides is 1. The van der Waals surface area contributed by atoms with Crippen molar-refractivity contribution in [2.45, 2.75) is 32.1 Å². The van der Waals surface area contributed by atoms with Crippen LogP contribution in [0.4, 0.5) is 5.00 Å². The van der Waals surface area contributed by atoms with Crippen molar-refractivity contribution in [1.82, 2.24) is 0 Å². The molecule has 1 aromatic carbocycles. The number of thiophene rings is 1. The molecule has 148 valence electrons. The molecule has 1 aromatic heterocycles. The van der Waals surface area contributed by atoms with Crippen LogP contribution in [0.25, 0.3) is 6.08 Å². The van der Waals surface area contributed by atoms with Crippen molar-refractivity contribution in [1.29, 1.82) is 0 Å². The summed E-state index contributed by atoms with van der Waals surface area (Å²) in [6, 6.07) is 3.73. The maximum absolute atomic E-state index is 12.5. The van der Waals surface area contributed by atoms with Gasteiger partial charge in [0, 0.05) is 21.0 Å². The lowest BCUT2D eigenvalue weighted by molar-refractivity contribution is -0.111. The topological polar surface area (TPSA) is 81.4 Å². The standard InChI is InChI=1S/C20H20Br2N2O3S/c1-27-18-11(9-12(21)10-14(18)22)7-8-16(25)24-20-17(19(23)26)13-5-3-2-4-6-15(13)28-20/h7-10H,2-6H2,1H3,(H2,23,26)(H,24,25). The SMILES string of the molecule is COc1c(Br)cc(Br)cc1C=CC(=O)Nc1sc2c(c1C(N)=O)CCCCC2. The van der Waals surface area contributed by atoms with Crippen molar-refractivity contribution in [2.24, 2.45) is 5.73 Å². The van der Waals surface area contributed by atoms with E-state index in [0.29, 0.717) is 16.3 Å². The molecule has 3 N–H and O–H groups in total. The molecule has 0 unspecified atom stereocenters. The molecule has 0 aliphatic heterocycles. The van der Waals surface area contributed by atoms with Crippen molar-refractivity contribution < 1.29 is 14.3 Å². The minimum Gasteiger partial charge on any atom is -0.495 e. The van der Waals surface area contributed by atoms with Gasteiger partial charge in [-0.3, -0.25) is 9.59 Å². The predicted octanol–water partition coefficient (Wildman–Crippen LogP) is 5.30. The van der Waals surface area contributed by atoms with E-state index < -0.39 is 5.91 Å². The third kappa shape index (κ3) is 4.67. The van der Waals surface area contributed by atoms with Crippen molar-refractivity contribution in [2.75, 3.05) is 12.4 Å². The Morgan fingerprint density at radius 1 is 1.21 bits per heavy atom. The average Bonchev–Trinajstić information content (AvgIpc) is 2.80. The number of rotatable bonds is 5. The molecule has 0 fully saturated rings. The van der Waals surface area contributed by atoms with Crippen molar-refractivity contribution >= 4 is 66.1 Å². The molecule has 2 aromatic rings. The summed E-state index contributed by atoms with van der Waals surface area (Å²) in [6.45, 7) is 0. The predicted molar refractivity (Wildman–Crippen MR) is 120 cm³/mol. The van der Waals surface area contributed by atoms with E-state index in [9.17, 15) is 9.59 Å². The van der Waals surface area contributed by atoms with E-state index in [2.05, 4.69) is 37.2 Å². The Labute approximate surface area is 184 Å². The zero-order valence-corrected chi connectivity index (χ0v) is 19.3. The van der Waals surface area contributed by atoms with Gasteiger partial charge in [-0.05, 0) is 65.4 Å². The second kappa shape index (κ2) is 9.24. The van der Waals surface area contributed by atoms with E-state index in [4.69, 9.17) is 10.5 Å². The van der Waals surface area contributed by atoms with E-state index >= 15 is 0 Å². The number of hydrogen-bond donors (Lipinski definition) is 2. The number of amides is 2. The fourth-order valence-corrected chi connectivity index (χ4v) is 6.05. The molecule has 2 amide bonds. The molecular formula is C20H20Br2N2O3S. The fraction of sp³-hybridized carbons (Fsp3) is 0.300. The summed E-state index contributed by atoms with van der Waals surface area (Å²) in [5.41, 5.74) is 7.83. The molecule has 1 aliphatic rings. The number of nitrogens with two attached hydrogens (primary N) is 1. The van der Waals surface area contributed by atoms with Crippen LogP contribution in [0, 0.1) is 0 Å². The van der Waals surface area contributed by atoms with Gasteiger partial charge in [0.05, 0.1) is 17.1 Å². The number of hydrogen-bond acceptors (Lipinski definition) is 4. The molecule has 0 saturated carbocycles. The smallest absolute Gasteiger partial charge is 0.251 e. The van der Waals surface area contributed by atoms with Gasteiger partial charge in [-0.2, -0.15) is 0 Å². The minimum absolute atomic E-state index is 0.322. The number of anilines is 1. The molecule has 28 heavy (non-hydrogen) atoms.